The maximum atomic E-state index is 5.51. The van der Waals surface area contributed by atoms with Gasteiger partial charge in [0.15, 0.2) is 0 Å². The van der Waals surface area contributed by atoms with Crippen molar-refractivity contribution in [1.82, 2.24) is 14.9 Å². The Hall–Kier alpha value is -1.55. The molecule has 4 heteroatoms. The molecule has 17 heavy (non-hydrogen) atoms. The third-order valence-corrected chi connectivity index (χ3v) is 2.53. The second-order valence-electron chi connectivity index (χ2n) is 5.21. The molecule has 2 aromatic heterocycles. The van der Waals surface area contributed by atoms with Gasteiger partial charge in [-0.3, -0.25) is 0 Å². The number of imidazole rings is 1. The molecule has 0 aliphatic heterocycles. The zero-order valence-electron chi connectivity index (χ0n) is 10.6. The van der Waals surface area contributed by atoms with Crippen LogP contribution in [-0.4, -0.2) is 15.1 Å². The molecule has 0 bridgehead atoms. The van der Waals surface area contributed by atoms with E-state index in [1.165, 1.54) is 5.56 Å². The molecule has 0 spiro atoms. The zero-order valence-corrected chi connectivity index (χ0v) is 10.6. The summed E-state index contributed by atoms with van der Waals surface area (Å²) >= 11 is 0. The van der Waals surface area contributed by atoms with Gasteiger partial charge in [0.1, 0.15) is 5.76 Å². The minimum atomic E-state index is 0.0963. The lowest BCUT2D eigenvalue weighted by Crippen LogP contribution is -2.35. The summed E-state index contributed by atoms with van der Waals surface area (Å²) in [5.41, 5.74) is 1.29. The van der Waals surface area contributed by atoms with Crippen molar-refractivity contribution in [3.05, 3.63) is 42.4 Å². The highest BCUT2D eigenvalue weighted by atomic mass is 16.3. The molecule has 0 fully saturated rings. The van der Waals surface area contributed by atoms with Crippen LogP contribution in [0.25, 0.3) is 0 Å². The van der Waals surface area contributed by atoms with Crippen molar-refractivity contribution >= 4 is 0 Å². The first-order valence-corrected chi connectivity index (χ1v) is 5.80. The lowest BCUT2D eigenvalue weighted by molar-refractivity contribution is 0.386. The van der Waals surface area contributed by atoms with E-state index in [9.17, 15) is 0 Å². The topological polar surface area (TPSA) is 43.0 Å². The average Bonchev–Trinajstić information content (AvgIpc) is 2.86. The molecule has 0 aliphatic rings. The number of nitrogens with one attached hydrogen (secondary N) is 1. The van der Waals surface area contributed by atoms with Gasteiger partial charge >= 0.3 is 0 Å². The van der Waals surface area contributed by atoms with E-state index in [4.69, 9.17) is 4.42 Å². The Morgan fingerprint density at radius 2 is 2.24 bits per heavy atom. The predicted octanol–water partition coefficient (Wildman–Crippen LogP) is 2.41. The smallest absolute Gasteiger partial charge is 0.122 e. The van der Waals surface area contributed by atoms with Gasteiger partial charge in [0.05, 0.1) is 25.7 Å². The van der Waals surface area contributed by atoms with Crippen LogP contribution < -0.4 is 5.32 Å². The lowest BCUT2D eigenvalue weighted by Gasteiger charge is -2.20. The second kappa shape index (κ2) is 4.75. The molecular formula is C13H19N3O. The molecule has 4 nitrogen and oxygen atoms in total. The van der Waals surface area contributed by atoms with Crippen LogP contribution in [0.3, 0.4) is 0 Å². The monoisotopic (exact) mass is 233 g/mol. The fourth-order valence-electron chi connectivity index (χ4n) is 1.59. The van der Waals surface area contributed by atoms with E-state index in [2.05, 4.69) is 31.1 Å². The Bertz CT molecular complexity index is 451. The predicted molar refractivity (Wildman–Crippen MR) is 66.6 cm³/mol. The molecule has 0 atom stereocenters. The van der Waals surface area contributed by atoms with Crippen LogP contribution in [-0.2, 0) is 13.1 Å². The molecule has 92 valence electrons. The fourth-order valence-corrected chi connectivity index (χ4v) is 1.59. The van der Waals surface area contributed by atoms with Gasteiger partial charge in [0.2, 0.25) is 0 Å². The first kappa shape index (κ1) is 11.9. The van der Waals surface area contributed by atoms with E-state index in [-0.39, 0.29) is 5.54 Å². The number of hydrogen-bond donors (Lipinski definition) is 1. The van der Waals surface area contributed by atoms with Crippen LogP contribution in [0.5, 0.6) is 0 Å². The van der Waals surface area contributed by atoms with Crippen molar-refractivity contribution in [2.24, 2.45) is 0 Å². The molecule has 1 N–H and O–H groups in total. The van der Waals surface area contributed by atoms with Crippen molar-refractivity contribution in [3.8, 4) is 0 Å². The van der Waals surface area contributed by atoms with E-state index in [0.29, 0.717) is 0 Å². The van der Waals surface area contributed by atoms with Gasteiger partial charge in [0, 0.05) is 23.5 Å². The molecule has 0 radical (unpaired) electrons. The summed E-state index contributed by atoms with van der Waals surface area (Å²) in [7, 11) is 0. The third kappa shape index (κ3) is 3.46. The minimum Gasteiger partial charge on any atom is -0.468 e. The minimum absolute atomic E-state index is 0.0963. The number of hydrogen-bond acceptors (Lipinski definition) is 3. The molecule has 2 rings (SSSR count). The molecule has 0 unspecified atom stereocenters. The third-order valence-electron chi connectivity index (χ3n) is 2.53. The maximum Gasteiger partial charge on any atom is 0.122 e. The number of aromatic nitrogens is 2. The highest BCUT2D eigenvalue weighted by Crippen LogP contribution is 2.13. The van der Waals surface area contributed by atoms with Crippen LogP contribution in [0.1, 0.15) is 32.1 Å². The molecule has 2 heterocycles. The van der Waals surface area contributed by atoms with E-state index in [1.807, 2.05) is 23.2 Å². The van der Waals surface area contributed by atoms with E-state index < -0.39 is 0 Å². The van der Waals surface area contributed by atoms with Gasteiger partial charge in [-0.05, 0) is 26.8 Å². The van der Waals surface area contributed by atoms with Gasteiger partial charge in [-0.2, -0.15) is 0 Å². The van der Waals surface area contributed by atoms with Crippen LogP contribution in [0.2, 0.25) is 0 Å². The molecular weight excluding hydrogens is 214 g/mol. The molecule has 0 aromatic carbocycles. The fraction of sp³-hybridized carbons (Fsp3) is 0.462. The Kier molecular flexibility index (Phi) is 3.33. The van der Waals surface area contributed by atoms with Gasteiger partial charge in [-0.1, -0.05) is 0 Å². The number of rotatable bonds is 4. The zero-order chi connectivity index (χ0) is 12.3. The van der Waals surface area contributed by atoms with E-state index in [1.54, 1.807) is 12.5 Å². The lowest BCUT2D eigenvalue weighted by atomic mass is 10.1. The normalized spacial score (nSPS) is 11.9. The summed E-state index contributed by atoms with van der Waals surface area (Å²) in [4.78, 5) is 4.03. The summed E-state index contributed by atoms with van der Waals surface area (Å²) in [5, 5.41) is 3.43. The quantitative estimate of drug-likeness (QED) is 0.882. The first-order chi connectivity index (χ1) is 8.04. The van der Waals surface area contributed by atoms with Crippen molar-refractivity contribution in [1.29, 1.82) is 0 Å². The Morgan fingerprint density at radius 3 is 2.88 bits per heavy atom. The summed E-state index contributed by atoms with van der Waals surface area (Å²) in [5.74, 6) is 0.994. The molecule has 0 amide bonds. The highest BCUT2D eigenvalue weighted by molar-refractivity contribution is 5.17. The van der Waals surface area contributed by atoms with Gasteiger partial charge in [-0.15, -0.1) is 0 Å². The van der Waals surface area contributed by atoms with E-state index >= 15 is 0 Å². The molecule has 0 aliphatic carbocycles. The number of nitrogens with zero attached hydrogens (tertiary/aromatic N) is 2. The van der Waals surface area contributed by atoms with Crippen molar-refractivity contribution in [2.45, 2.75) is 39.4 Å². The first-order valence-electron chi connectivity index (χ1n) is 5.80. The van der Waals surface area contributed by atoms with Gasteiger partial charge in [-0.25, -0.2) is 4.98 Å². The Labute approximate surface area is 102 Å². The summed E-state index contributed by atoms with van der Waals surface area (Å²) in [6, 6.07) is 2.01. The molecule has 2 aromatic rings. The largest absolute Gasteiger partial charge is 0.468 e. The molecule has 0 saturated heterocycles. The second-order valence-corrected chi connectivity index (χ2v) is 5.21. The Balaban J connectivity index is 2.02. The Morgan fingerprint density at radius 1 is 1.41 bits per heavy atom. The van der Waals surface area contributed by atoms with Crippen LogP contribution in [0.15, 0.2) is 35.5 Å². The van der Waals surface area contributed by atoms with Crippen LogP contribution in [0, 0.1) is 0 Å². The van der Waals surface area contributed by atoms with E-state index in [0.717, 1.165) is 18.8 Å². The van der Waals surface area contributed by atoms with Crippen molar-refractivity contribution in [2.75, 3.05) is 0 Å². The summed E-state index contributed by atoms with van der Waals surface area (Å²) < 4.78 is 7.55. The van der Waals surface area contributed by atoms with Crippen molar-refractivity contribution in [3.63, 3.8) is 0 Å². The van der Waals surface area contributed by atoms with Gasteiger partial charge in [0.25, 0.3) is 0 Å². The molecule has 0 saturated carbocycles. The number of furan rings is 1. The maximum absolute atomic E-state index is 5.51. The van der Waals surface area contributed by atoms with Gasteiger partial charge < -0.3 is 14.3 Å². The highest BCUT2D eigenvalue weighted by Gasteiger charge is 2.12. The van der Waals surface area contributed by atoms with Crippen LogP contribution >= 0.6 is 0 Å². The standard InChI is InChI=1S/C13H19N3O/c1-13(2,3)15-8-12-11(4-7-17-12)9-16-6-5-14-10-16/h4-7,10,15H,8-9H2,1-3H3. The summed E-state index contributed by atoms with van der Waals surface area (Å²) in [6.45, 7) is 7.99. The summed E-state index contributed by atoms with van der Waals surface area (Å²) in [6.07, 6.45) is 7.29. The SMILES string of the molecule is CC(C)(C)NCc1occc1Cn1ccnc1. The van der Waals surface area contributed by atoms with Crippen LogP contribution in [0.4, 0.5) is 0 Å². The average molecular weight is 233 g/mol. The van der Waals surface area contributed by atoms with Crippen molar-refractivity contribution < 1.29 is 4.42 Å².